The van der Waals surface area contributed by atoms with Crippen molar-refractivity contribution in [2.45, 2.75) is 6.42 Å². The SMILES string of the molecule is NC(=O)CC(=O)c1ccc(Oc2ccccc2)cc1. The summed E-state index contributed by atoms with van der Waals surface area (Å²) in [6.45, 7) is 0. The number of amides is 1. The van der Waals surface area contributed by atoms with Crippen molar-refractivity contribution in [3.8, 4) is 11.5 Å². The molecule has 0 spiro atoms. The van der Waals surface area contributed by atoms with E-state index in [0.29, 0.717) is 11.3 Å². The van der Waals surface area contributed by atoms with E-state index in [1.807, 2.05) is 30.3 Å². The van der Waals surface area contributed by atoms with Crippen LogP contribution in [0.3, 0.4) is 0 Å². The number of para-hydroxylation sites is 1. The fraction of sp³-hybridized carbons (Fsp3) is 0.0667. The lowest BCUT2D eigenvalue weighted by Gasteiger charge is -2.06. The number of carbonyl (C=O) groups excluding carboxylic acids is 2. The summed E-state index contributed by atoms with van der Waals surface area (Å²) in [4.78, 5) is 22.3. The number of ketones is 1. The van der Waals surface area contributed by atoms with Crippen molar-refractivity contribution in [3.05, 3.63) is 60.2 Å². The van der Waals surface area contributed by atoms with Crippen LogP contribution in [0.15, 0.2) is 54.6 Å². The Hall–Kier alpha value is -2.62. The number of nitrogens with two attached hydrogens (primary N) is 1. The second-order valence-corrected chi connectivity index (χ2v) is 4.01. The maximum Gasteiger partial charge on any atom is 0.225 e. The molecule has 0 unspecified atom stereocenters. The molecule has 0 bridgehead atoms. The molecule has 0 aliphatic rings. The molecule has 0 fully saturated rings. The summed E-state index contributed by atoms with van der Waals surface area (Å²) in [5.41, 5.74) is 5.42. The van der Waals surface area contributed by atoms with E-state index in [9.17, 15) is 9.59 Å². The van der Waals surface area contributed by atoms with Gasteiger partial charge in [0.05, 0.1) is 6.42 Å². The molecule has 2 rings (SSSR count). The molecule has 4 heteroatoms. The van der Waals surface area contributed by atoms with Gasteiger partial charge < -0.3 is 10.5 Å². The van der Waals surface area contributed by atoms with Crippen LogP contribution in [0.5, 0.6) is 11.5 Å². The predicted molar refractivity (Wildman–Crippen MR) is 71.1 cm³/mol. The molecule has 0 aliphatic carbocycles. The number of Topliss-reactive ketones (excluding diaryl/α,β-unsaturated/α-hetero) is 1. The molecule has 96 valence electrons. The Morgan fingerprint density at radius 2 is 1.47 bits per heavy atom. The highest BCUT2D eigenvalue weighted by Crippen LogP contribution is 2.21. The van der Waals surface area contributed by atoms with Gasteiger partial charge in [0.25, 0.3) is 0 Å². The van der Waals surface area contributed by atoms with Crippen LogP contribution in [0, 0.1) is 0 Å². The molecule has 2 N–H and O–H groups in total. The highest BCUT2D eigenvalue weighted by Gasteiger charge is 2.09. The summed E-state index contributed by atoms with van der Waals surface area (Å²) in [7, 11) is 0. The summed E-state index contributed by atoms with van der Waals surface area (Å²) >= 11 is 0. The smallest absolute Gasteiger partial charge is 0.225 e. The predicted octanol–water partition coefficient (Wildman–Crippen LogP) is 2.54. The van der Waals surface area contributed by atoms with Crippen LogP contribution in [0.1, 0.15) is 16.8 Å². The minimum absolute atomic E-state index is 0.279. The second kappa shape index (κ2) is 5.82. The third-order valence-corrected chi connectivity index (χ3v) is 2.49. The Kier molecular flexibility index (Phi) is 3.93. The van der Waals surface area contributed by atoms with Crippen molar-refractivity contribution in [2.75, 3.05) is 0 Å². The molecule has 4 nitrogen and oxygen atoms in total. The van der Waals surface area contributed by atoms with Gasteiger partial charge in [-0.1, -0.05) is 18.2 Å². The number of primary amides is 1. The Balaban J connectivity index is 2.06. The molecule has 2 aromatic carbocycles. The van der Waals surface area contributed by atoms with E-state index in [2.05, 4.69) is 0 Å². The van der Waals surface area contributed by atoms with Crippen LogP contribution in [0.4, 0.5) is 0 Å². The minimum Gasteiger partial charge on any atom is -0.457 e. The Bertz CT molecular complexity index is 576. The molecule has 0 heterocycles. The van der Waals surface area contributed by atoms with Crippen molar-refractivity contribution < 1.29 is 14.3 Å². The van der Waals surface area contributed by atoms with E-state index in [1.54, 1.807) is 24.3 Å². The van der Waals surface area contributed by atoms with Gasteiger partial charge in [0.1, 0.15) is 11.5 Å². The van der Waals surface area contributed by atoms with Crippen molar-refractivity contribution in [2.24, 2.45) is 5.73 Å². The molecule has 0 aliphatic heterocycles. The zero-order valence-corrected chi connectivity index (χ0v) is 10.2. The van der Waals surface area contributed by atoms with Crippen LogP contribution < -0.4 is 10.5 Å². The van der Waals surface area contributed by atoms with E-state index in [4.69, 9.17) is 10.5 Å². The maximum atomic E-state index is 11.6. The fourth-order valence-electron chi connectivity index (χ4n) is 1.59. The zero-order chi connectivity index (χ0) is 13.7. The third kappa shape index (κ3) is 3.67. The van der Waals surface area contributed by atoms with Crippen molar-refractivity contribution >= 4 is 11.7 Å². The Morgan fingerprint density at radius 3 is 2.05 bits per heavy atom. The van der Waals surface area contributed by atoms with Crippen LogP contribution in [0.2, 0.25) is 0 Å². The average molecular weight is 255 g/mol. The molecule has 0 radical (unpaired) electrons. The molecular formula is C15H13NO3. The monoisotopic (exact) mass is 255 g/mol. The summed E-state index contributed by atoms with van der Waals surface area (Å²) in [5, 5.41) is 0. The van der Waals surface area contributed by atoms with E-state index in [0.717, 1.165) is 5.75 Å². The van der Waals surface area contributed by atoms with Crippen molar-refractivity contribution in [1.82, 2.24) is 0 Å². The van der Waals surface area contributed by atoms with Crippen molar-refractivity contribution in [1.29, 1.82) is 0 Å². The molecule has 0 aromatic heterocycles. The molecule has 1 amide bonds. The van der Waals surface area contributed by atoms with Crippen LogP contribution in [-0.4, -0.2) is 11.7 Å². The summed E-state index contributed by atoms with van der Waals surface area (Å²) in [6.07, 6.45) is -0.279. The number of hydrogen-bond acceptors (Lipinski definition) is 3. The highest BCUT2D eigenvalue weighted by atomic mass is 16.5. The van der Waals surface area contributed by atoms with Gasteiger partial charge in [0.15, 0.2) is 5.78 Å². The first kappa shape index (κ1) is 12.8. The first-order valence-electron chi connectivity index (χ1n) is 5.79. The molecule has 0 saturated carbocycles. The van der Waals surface area contributed by atoms with Gasteiger partial charge in [-0.2, -0.15) is 0 Å². The van der Waals surface area contributed by atoms with Gasteiger partial charge in [0.2, 0.25) is 5.91 Å². The van der Waals surface area contributed by atoms with Gasteiger partial charge in [-0.3, -0.25) is 9.59 Å². The number of ether oxygens (including phenoxy) is 1. The summed E-state index contributed by atoms with van der Waals surface area (Å²) in [5.74, 6) is 0.425. The Labute approximate surface area is 110 Å². The van der Waals surface area contributed by atoms with Crippen molar-refractivity contribution in [3.63, 3.8) is 0 Å². The van der Waals surface area contributed by atoms with Gasteiger partial charge in [-0.15, -0.1) is 0 Å². The molecular weight excluding hydrogens is 242 g/mol. The first-order chi connectivity index (χ1) is 9.15. The second-order valence-electron chi connectivity index (χ2n) is 4.01. The maximum absolute atomic E-state index is 11.6. The molecule has 19 heavy (non-hydrogen) atoms. The first-order valence-corrected chi connectivity index (χ1v) is 5.79. The number of carbonyl (C=O) groups is 2. The lowest BCUT2D eigenvalue weighted by molar-refractivity contribution is -0.117. The fourth-order valence-corrected chi connectivity index (χ4v) is 1.59. The van der Waals surface area contributed by atoms with Crippen LogP contribution in [-0.2, 0) is 4.79 Å². The summed E-state index contributed by atoms with van der Waals surface area (Å²) < 4.78 is 5.59. The van der Waals surface area contributed by atoms with Gasteiger partial charge in [-0.05, 0) is 36.4 Å². The standard InChI is InChI=1S/C15H13NO3/c16-15(18)10-14(17)11-6-8-13(9-7-11)19-12-4-2-1-3-5-12/h1-9H,10H2,(H2,16,18). The van der Waals surface area contributed by atoms with Gasteiger partial charge in [0, 0.05) is 5.56 Å². The van der Waals surface area contributed by atoms with Crippen LogP contribution in [0.25, 0.3) is 0 Å². The van der Waals surface area contributed by atoms with E-state index < -0.39 is 5.91 Å². The van der Waals surface area contributed by atoms with Gasteiger partial charge >= 0.3 is 0 Å². The third-order valence-electron chi connectivity index (χ3n) is 2.49. The van der Waals surface area contributed by atoms with Gasteiger partial charge in [-0.25, -0.2) is 0 Å². The number of hydrogen-bond donors (Lipinski definition) is 1. The zero-order valence-electron chi connectivity index (χ0n) is 10.2. The normalized spacial score (nSPS) is 9.89. The molecule has 0 saturated heterocycles. The topological polar surface area (TPSA) is 69.4 Å². The average Bonchev–Trinajstić information content (AvgIpc) is 2.40. The lowest BCUT2D eigenvalue weighted by atomic mass is 10.1. The van der Waals surface area contributed by atoms with E-state index in [-0.39, 0.29) is 12.2 Å². The Morgan fingerprint density at radius 1 is 0.895 bits per heavy atom. The summed E-state index contributed by atoms with van der Waals surface area (Å²) in [6, 6.07) is 15.9. The quantitative estimate of drug-likeness (QED) is 0.659. The largest absolute Gasteiger partial charge is 0.457 e. The number of rotatable bonds is 5. The lowest BCUT2D eigenvalue weighted by Crippen LogP contribution is -2.16. The van der Waals surface area contributed by atoms with E-state index >= 15 is 0 Å². The minimum atomic E-state index is -0.630. The number of benzene rings is 2. The van der Waals surface area contributed by atoms with E-state index in [1.165, 1.54) is 0 Å². The molecule has 0 atom stereocenters. The van der Waals surface area contributed by atoms with Crippen LogP contribution >= 0.6 is 0 Å². The molecule has 2 aromatic rings. The highest BCUT2D eigenvalue weighted by molar-refractivity contribution is 6.06.